The summed E-state index contributed by atoms with van der Waals surface area (Å²) in [7, 11) is 1.67. The molecule has 0 amide bonds. The lowest BCUT2D eigenvalue weighted by atomic mass is 9.98. The normalized spacial score (nSPS) is 15.1. The highest BCUT2D eigenvalue weighted by atomic mass is 16.5. The molecule has 0 saturated carbocycles. The lowest BCUT2D eigenvalue weighted by Crippen LogP contribution is -2.36. The summed E-state index contributed by atoms with van der Waals surface area (Å²) in [6.45, 7) is 8.42. The molecule has 1 rings (SSSR count). The fourth-order valence-corrected chi connectivity index (χ4v) is 1.84. The topological polar surface area (TPSA) is 44.5 Å². The summed E-state index contributed by atoms with van der Waals surface area (Å²) in [5.41, 5.74) is 7.16. The molecule has 0 radical (unpaired) electrons. The zero-order valence-corrected chi connectivity index (χ0v) is 12.8. The smallest absolute Gasteiger partial charge is 0.118 e. The Balaban J connectivity index is 2.95. The van der Waals surface area contributed by atoms with Crippen molar-refractivity contribution >= 4 is 0 Å². The van der Waals surface area contributed by atoms with Crippen LogP contribution < -0.4 is 10.5 Å². The second-order valence-electron chi connectivity index (χ2n) is 5.50. The number of benzene rings is 1. The zero-order valence-electron chi connectivity index (χ0n) is 12.8. The Morgan fingerprint density at radius 1 is 1.16 bits per heavy atom. The van der Waals surface area contributed by atoms with E-state index >= 15 is 0 Å². The summed E-state index contributed by atoms with van der Waals surface area (Å²) in [6.07, 6.45) is 1.76. The Bertz CT molecular complexity index is 373. The third kappa shape index (κ3) is 4.51. The number of hydrogen-bond donors (Lipinski definition) is 1. The molecule has 2 unspecified atom stereocenters. The minimum atomic E-state index is -0.169. The summed E-state index contributed by atoms with van der Waals surface area (Å²) in [5, 5.41) is 0. The molecule has 3 nitrogen and oxygen atoms in total. The summed E-state index contributed by atoms with van der Waals surface area (Å²) < 4.78 is 11.4. The molecule has 3 heteroatoms. The van der Waals surface area contributed by atoms with Gasteiger partial charge in [0.2, 0.25) is 0 Å². The van der Waals surface area contributed by atoms with Gasteiger partial charge in [-0.15, -0.1) is 0 Å². The van der Waals surface area contributed by atoms with E-state index in [2.05, 4.69) is 27.7 Å². The van der Waals surface area contributed by atoms with Crippen LogP contribution in [0.3, 0.4) is 0 Å². The molecule has 19 heavy (non-hydrogen) atoms. The van der Waals surface area contributed by atoms with Crippen molar-refractivity contribution in [2.45, 2.75) is 58.3 Å². The Hall–Kier alpha value is -1.06. The van der Waals surface area contributed by atoms with Crippen LogP contribution in [0.15, 0.2) is 24.3 Å². The van der Waals surface area contributed by atoms with Gasteiger partial charge in [0, 0.05) is 6.04 Å². The van der Waals surface area contributed by atoms with E-state index in [1.165, 1.54) is 0 Å². The highest BCUT2D eigenvalue weighted by Crippen LogP contribution is 2.30. The lowest BCUT2D eigenvalue weighted by Gasteiger charge is -2.33. The minimum absolute atomic E-state index is 0.000722. The zero-order chi connectivity index (χ0) is 14.5. The van der Waals surface area contributed by atoms with Gasteiger partial charge in [-0.3, -0.25) is 0 Å². The largest absolute Gasteiger partial charge is 0.497 e. The van der Waals surface area contributed by atoms with Crippen molar-refractivity contribution in [3.63, 3.8) is 0 Å². The first-order valence-electron chi connectivity index (χ1n) is 7.00. The van der Waals surface area contributed by atoms with Crippen LogP contribution in [-0.2, 0) is 4.74 Å². The SMILES string of the molecule is CCC(N)C(OC(C)(C)CC)c1ccc(OC)cc1. The molecule has 2 atom stereocenters. The van der Waals surface area contributed by atoms with Crippen LogP contribution in [0, 0.1) is 0 Å². The monoisotopic (exact) mass is 265 g/mol. The van der Waals surface area contributed by atoms with Crippen LogP contribution in [0.4, 0.5) is 0 Å². The number of rotatable bonds is 7. The summed E-state index contributed by atoms with van der Waals surface area (Å²) in [4.78, 5) is 0. The van der Waals surface area contributed by atoms with Gasteiger partial charge in [-0.1, -0.05) is 26.0 Å². The molecule has 1 aromatic rings. The first kappa shape index (κ1) is 16.0. The van der Waals surface area contributed by atoms with Crippen molar-refractivity contribution in [3.8, 4) is 5.75 Å². The molecule has 0 aliphatic heterocycles. The molecular weight excluding hydrogens is 238 g/mol. The first-order chi connectivity index (χ1) is 8.93. The van der Waals surface area contributed by atoms with E-state index in [1.54, 1.807) is 7.11 Å². The summed E-state index contributed by atoms with van der Waals surface area (Å²) in [6, 6.07) is 7.97. The molecule has 108 valence electrons. The molecular formula is C16H27NO2. The Labute approximate surface area is 117 Å². The Morgan fingerprint density at radius 2 is 1.74 bits per heavy atom. The second-order valence-corrected chi connectivity index (χ2v) is 5.50. The third-order valence-electron chi connectivity index (χ3n) is 3.60. The van der Waals surface area contributed by atoms with E-state index in [0.29, 0.717) is 0 Å². The van der Waals surface area contributed by atoms with E-state index in [-0.39, 0.29) is 17.7 Å². The van der Waals surface area contributed by atoms with Gasteiger partial charge in [-0.2, -0.15) is 0 Å². The average Bonchev–Trinajstić information content (AvgIpc) is 2.44. The van der Waals surface area contributed by atoms with Crippen LogP contribution in [0.1, 0.15) is 52.2 Å². The van der Waals surface area contributed by atoms with Crippen molar-refractivity contribution in [1.29, 1.82) is 0 Å². The maximum atomic E-state index is 6.23. The Kier molecular flexibility index (Phi) is 5.83. The Morgan fingerprint density at radius 3 is 2.16 bits per heavy atom. The molecule has 0 saturated heterocycles. The molecule has 0 bridgehead atoms. The van der Waals surface area contributed by atoms with Crippen LogP contribution in [0.5, 0.6) is 5.75 Å². The standard InChI is InChI=1S/C16H27NO2/c1-6-14(17)15(19-16(3,4)7-2)12-8-10-13(18-5)11-9-12/h8-11,14-15H,6-7,17H2,1-5H3. The van der Waals surface area contributed by atoms with E-state index in [9.17, 15) is 0 Å². The summed E-state index contributed by atoms with van der Waals surface area (Å²) >= 11 is 0. The second kappa shape index (κ2) is 6.92. The van der Waals surface area contributed by atoms with Crippen molar-refractivity contribution in [2.75, 3.05) is 7.11 Å². The van der Waals surface area contributed by atoms with Crippen LogP contribution in [-0.4, -0.2) is 18.8 Å². The predicted molar refractivity (Wildman–Crippen MR) is 79.5 cm³/mol. The number of hydrogen-bond acceptors (Lipinski definition) is 3. The van der Waals surface area contributed by atoms with Gasteiger partial charge in [0.05, 0.1) is 18.8 Å². The van der Waals surface area contributed by atoms with Crippen LogP contribution >= 0.6 is 0 Å². The minimum Gasteiger partial charge on any atom is -0.497 e. The average molecular weight is 265 g/mol. The number of nitrogens with two attached hydrogens (primary N) is 1. The highest BCUT2D eigenvalue weighted by Gasteiger charge is 2.27. The molecule has 1 aromatic carbocycles. The molecule has 0 aliphatic rings. The first-order valence-corrected chi connectivity index (χ1v) is 7.00. The van der Waals surface area contributed by atoms with Gasteiger partial charge in [0.1, 0.15) is 5.75 Å². The molecule has 2 N–H and O–H groups in total. The molecule has 0 heterocycles. The fraction of sp³-hybridized carbons (Fsp3) is 0.625. The van der Waals surface area contributed by atoms with E-state index in [4.69, 9.17) is 15.2 Å². The molecule has 0 aliphatic carbocycles. The molecule has 0 fully saturated rings. The van der Waals surface area contributed by atoms with Gasteiger partial charge in [0.15, 0.2) is 0 Å². The van der Waals surface area contributed by atoms with Gasteiger partial charge in [-0.05, 0) is 44.4 Å². The van der Waals surface area contributed by atoms with E-state index in [1.807, 2.05) is 24.3 Å². The van der Waals surface area contributed by atoms with Crippen molar-refractivity contribution in [3.05, 3.63) is 29.8 Å². The highest BCUT2D eigenvalue weighted by molar-refractivity contribution is 5.29. The van der Waals surface area contributed by atoms with E-state index in [0.717, 1.165) is 24.2 Å². The van der Waals surface area contributed by atoms with E-state index < -0.39 is 0 Å². The van der Waals surface area contributed by atoms with Gasteiger partial charge >= 0.3 is 0 Å². The van der Waals surface area contributed by atoms with Gasteiger partial charge < -0.3 is 15.2 Å². The fourth-order valence-electron chi connectivity index (χ4n) is 1.84. The number of methoxy groups -OCH3 is 1. The maximum absolute atomic E-state index is 6.23. The maximum Gasteiger partial charge on any atom is 0.118 e. The third-order valence-corrected chi connectivity index (χ3v) is 3.60. The van der Waals surface area contributed by atoms with Gasteiger partial charge in [0.25, 0.3) is 0 Å². The molecule has 0 spiro atoms. The predicted octanol–water partition coefficient (Wildman–Crippen LogP) is 3.68. The van der Waals surface area contributed by atoms with Crippen molar-refractivity contribution in [1.82, 2.24) is 0 Å². The van der Waals surface area contributed by atoms with Crippen LogP contribution in [0.2, 0.25) is 0 Å². The number of ether oxygens (including phenoxy) is 2. The molecule has 0 aromatic heterocycles. The van der Waals surface area contributed by atoms with Crippen molar-refractivity contribution in [2.24, 2.45) is 5.73 Å². The lowest BCUT2D eigenvalue weighted by molar-refractivity contribution is -0.0858. The quantitative estimate of drug-likeness (QED) is 0.818. The van der Waals surface area contributed by atoms with Crippen LogP contribution in [0.25, 0.3) is 0 Å². The van der Waals surface area contributed by atoms with Gasteiger partial charge in [-0.25, -0.2) is 0 Å². The summed E-state index contributed by atoms with van der Waals surface area (Å²) in [5.74, 6) is 0.849. The van der Waals surface area contributed by atoms with Crippen molar-refractivity contribution < 1.29 is 9.47 Å².